The monoisotopic (exact) mass is 532 g/mol. The molecule has 0 bridgehead atoms. The van der Waals surface area contributed by atoms with E-state index in [0.29, 0.717) is 47.8 Å². The van der Waals surface area contributed by atoms with Gasteiger partial charge in [0.2, 0.25) is 0 Å². The van der Waals surface area contributed by atoms with Crippen LogP contribution < -0.4 is 9.64 Å². The van der Waals surface area contributed by atoms with Crippen molar-refractivity contribution < 1.29 is 32.2 Å². The van der Waals surface area contributed by atoms with E-state index in [1.165, 1.54) is 18.3 Å². The van der Waals surface area contributed by atoms with Crippen LogP contribution in [0.15, 0.2) is 48.9 Å². The van der Waals surface area contributed by atoms with Gasteiger partial charge < -0.3 is 9.84 Å². The summed E-state index contributed by atoms with van der Waals surface area (Å²) in [6, 6.07) is 7.38. The largest absolute Gasteiger partial charge is 0.487 e. The summed E-state index contributed by atoms with van der Waals surface area (Å²) in [6.45, 7) is -1.69. The minimum atomic E-state index is -4.74. The number of ether oxygens (including phenoxy) is 1. The number of carbonyl (C=O) groups is 1. The Morgan fingerprint density at radius 2 is 1.92 bits per heavy atom. The van der Waals surface area contributed by atoms with Crippen molar-refractivity contribution in [2.75, 3.05) is 11.4 Å². The number of halogens is 4. The van der Waals surface area contributed by atoms with Crippen molar-refractivity contribution >= 4 is 22.8 Å². The normalized spacial score (nSPS) is 18.0. The topological polar surface area (TPSA) is 98.3 Å². The van der Waals surface area contributed by atoms with Gasteiger partial charge in [-0.2, -0.15) is 23.4 Å². The van der Waals surface area contributed by atoms with Crippen LogP contribution in [0.3, 0.4) is 0 Å². The van der Waals surface area contributed by atoms with Gasteiger partial charge in [-0.1, -0.05) is 12.1 Å². The van der Waals surface area contributed by atoms with E-state index in [0.717, 1.165) is 0 Å². The first-order valence-corrected chi connectivity index (χ1v) is 11.9. The van der Waals surface area contributed by atoms with Crippen LogP contribution >= 0.6 is 0 Å². The number of amides is 1. The van der Waals surface area contributed by atoms with Gasteiger partial charge in [0.1, 0.15) is 18.1 Å². The summed E-state index contributed by atoms with van der Waals surface area (Å²) in [5.74, 6) is -0.595. The molecule has 9 nitrogen and oxygen atoms in total. The molecule has 3 aromatic heterocycles. The average Bonchev–Trinajstić information content (AvgIpc) is 3.47. The molecular weight excluding hydrogens is 508 g/mol. The van der Waals surface area contributed by atoms with E-state index in [1.807, 2.05) is 0 Å². The maximum absolute atomic E-state index is 14.0. The molecule has 0 radical (unpaired) electrons. The van der Waals surface area contributed by atoms with Crippen molar-refractivity contribution in [3.63, 3.8) is 0 Å². The summed E-state index contributed by atoms with van der Waals surface area (Å²) >= 11 is 0. The molecule has 200 valence electrons. The van der Waals surface area contributed by atoms with Gasteiger partial charge >= 0.3 is 12.3 Å². The van der Waals surface area contributed by atoms with Gasteiger partial charge in [0.25, 0.3) is 0 Å². The van der Waals surface area contributed by atoms with E-state index in [1.54, 1.807) is 47.0 Å². The number of benzene rings is 1. The van der Waals surface area contributed by atoms with E-state index in [9.17, 15) is 27.5 Å². The number of alkyl halides is 3. The summed E-state index contributed by atoms with van der Waals surface area (Å²) in [4.78, 5) is 15.9. The van der Waals surface area contributed by atoms with E-state index < -0.39 is 24.6 Å². The lowest BCUT2D eigenvalue weighted by Crippen LogP contribution is -2.38. The zero-order valence-corrected chi connectivity index (χ0v) is 20.3. The Morgan fingerprint density at radius 1 is 1.18 bits per heavy atom. The van der Waals surface area contributed by atoms with E-state index in [-0.39, 0.29) is 28.6 Å². The fraction of sp³-hybridized carbons (Fsp3) is 0.360. The lowest BCUT2D eigenvalue weighted by Gasteiger charge is -2.29. The Balaban J connectivity index is 1.48. The van der Waals surface area contributed by atoms with Crippen LogP contribution in [0.25, 0.3) is 22.2 Å². The Morgan fingerprint density at radius 3 is 2.55 bits per heavy atom. The van der Waals surface area contributed by atoms with Crippen molar-refractivity contribution in [1.82, 2.24) is 24.5 Å². The molecule has 3 heterocycles. The maximum atomic E-state index is 14.0. The second-order valence-electron chi connectivity index (χ2n) is 9.22. The molecule has 0 aliphatic heterocycles. The van der Waals surface area contributed by atoms with Crippen molar-refractivity contribution in [3.8, 4) is 17.0 Å². The molecule has 0 saturated heterocycles. The number of nitrogens with zero attached hydrogens (tertiary/aromatic N) is 6. The third kappa shape index (κ3) is 5.27. The van der Waals surface area contributed by atoms with Crippen LogP contribution in [0, 0.1) is 5.82 Å². The summed E-state index contributed by atoms with van der Waals surface area (Å²) in [5.41, 5.74) is 1.68. The Hall–Kier alpha value is -4.16. The predicted octanol–water partition coefficient (Wildman–Crippen LogP) is 5.58. The van der Waals surface area contributed by atoms with Crippen LogP contribution in [-0.4, -0.2) is 54.6 Å². The van der Waals surface area contributed by atoms with Gasteiger partial charge in [-0.3, -0.25) is 14.3 Å². The molecule has 1 N–H and O–H groups in total. The molecule has 1 aromatic carbocycles. The summed E-state index contributed by atoms with van der Waals surface area (Å²) in [5, 5.41) is 19.0. The molecule has 5 rings (SSSR count). The fourth-order valence-electron chi connectivity index (χ4n) is 4.76. The van der Waals surface area contributed by atoms with Crippen LogP contribution in [0.4, 0.5) is 28.2 Å². The smallest absolute Gasteiger partial charge is 0.413 e. The Kier molecular flexibility index (Phi) is 6.67. The number of rotatable bonds is 6. The second-order valence-corrected chi connectivity index (χ2v) is 9.22. The van der Waals surface area contributed by atoms with Gasteiger partial charge in [0, 0.05) is 36.5 Å². The van der Waals surface area contributed by atoms with E-state index in [2.05, 4.69) is 10.1 Å². The van der Waals surface area contributed by atoms with Crippen LogP contribution in [0.5, 0.6) is 5.75 Å². The number of aromatic nitrogens is 5. The third-order valence-corrected chi connectivity index (χ3v) is 6.52. The number of fused-ring (bicyclic) bond motifs is 1. The molecule has 0 unspecified atom stereocenters. The number of hydrogen-bond acceptors (Lipinski definition) is 5. The van der Waals surface area contributed by atoms with E-state index in [4.69, 9.17) is 9.84 Å². The highest BCUT2D eigenvalue weighted by Gasteiger charge is 2.35. The lowest BCUT2D eigenvalue weighted by molar-refractivity contribution is -0.119. The quantitative estimate of drug-likeness (QED) is 0.326. The molecule has 4 aromatic rings. The molecule has 1 amide bonds. The Labute approximate surface area is 214 Å². The highest BCUT2D eigenvalue weighted by molar-refractivity contribution is 5.95. The molecule has 1 fully saturated rings. The number of anilines is 1. The minimum absolute atomic E-state index is 0.139. The Bertz CT molecular complexity index is 1460. The summed E-state index contributed by atoms with van der Waals surface area (Å²) in [6.07, 6.45) is 0.455. The van der Waals surface area contributed by atoms with Crippen LogP contribution in [0.1, 0.15) is 31.7 Å². The SMILES string of the molecule is Cn1cc(-c2nn([C@H]3CC[C@@H](Oc4ccccc4F)CC3)c3cc(N(CC(F)(F)F)C(=O)O)ncc23)cn1. The van der Waals surface area contributed by atoms with E-state index >= 15 is 0 Å². The van der Waals surface area contributed by atoms with Crippen molar-refractivity contribution in [3.05, 3.63) is 54.7 Å². The minimum Gasteiger partial charge on any atom is -0.487 e. The van der Waals surface area contributed by atoms with Crippen molar-refractivity contribution in [2.45, 2.75) is 44.0 Å². The fourth-order valence-corrected chi connectivity index (χ4v) is 4.76. The molecular formula is C25H24F4N6O3. The first kappa shape index (κ1) is 25.5. The zero-order chi connectivity index (χ0) is 27.0. The summed E-state index contributed by atoms with van der Waals surface area (Å²) in [7, 11) is 1.75. The lowest BCUT2D eigenvalue weighted by atomic mass is 9.93. The van der Waals surface area contributed by atoms with Crippen molar-refractivity contribution in [1.29, 1.82) is 0 Å². The van der Waals surface area contributed by atoms with Gasteiger partial charge in [-0.25, -0.2) is 14.2 Å². The molecule has 38 heavy (non-hydrogen) atoms. The third-order valence-electron chi connectivity index (χ3n) is 6.52. The highest BCUT2D eigenvalue weighted by atomic mass is 19.4. The van der Waals surface area contributed by atoms with Crippen LogP contribution in [0.2, 0.25) is 0 Å². The van der Waals surface area contributed by atoms with Gasteiger partial charge in [-0.15, -0.1) is 0 Å². The standard InChI is InChI=1S/C25H24F4N6O3/c1-33-13-15(11-31-33)23-18-12-30-22(34(24(36)37)14-25(27,28)29)10-20(18)35(32-23)16-6-8-17(9-7-16)38-21-5-3-2-4-19(21)26/h2-5,10-13,16-17H,6-9,14H2,1H3,(H,36,37)/t16-,17+. The molecule has 13 heteroatoms. The molecule has 0 spiro atoms. The van der Waals surface area contributed by atoms with Gasteiger partial charge in [0.15, 0.2) is 11.6 Å². The maximum Gasteiger partial charge on any atom is 0.413 e. The number of aryl methyl sites for hydroxylation is 1. The van der Waals surface area contributed by atoms with Gasteiger partial charge in [-0.05, 0) is 37.8 Å². The average molecular weight is 532 g/mol. The number of pyridine rings is 1. The molecule has 1 aliphatic rings. The first-order valence-electron chi connectivity index (χ1n) is 11.9. The predicted molar refractivity (Wildman–Crippen MR) is 129 cm³/mol. The molecule has 1 saturated carbocycles. The van der Waals surface area contributed by atoms with Crippen LogP contribution in [-0.2, 0) is 7.05 Å². The number of para-hydroxylation sites is 1. The summed E-state index contributed by atoms with van der Waals surface area (Å²) < 4.78 is 62.5. The van der Waals surface area contributed by atoms with Gasteiger partial charge in [0.05, 0.1) is 23.9 Å². The highest BCUT2D eigenvalue weighted by Crippen LogP contribution is 2.37. The second kappa shape index (κ2) is 9.95. The number of carboxylic acid groups (broad SMARTS) is 1. The van der Waals surface area contributed by atoms with Crippen molar-refractivity contribution in [2.24, 2.45) is 7.05 Å². The molecule has 0 atom stereocenters. The first-order chi connectivity index (χ1) is 18.1. The number of hydrogen-bond donors (Lipinski definition) is 1. The zero-order valence-electron chi connectivity index (χ0n) is 20.3. The molecule has 1 aliphatic carbocycles.